The standard InChI is InChI=1S/C31H54N10O2/c1-23-20-29(37-25-12-18-41(19-13-25)17-6-11-28(32)30(42)43)38-31(36-23)35-22-27-21-26(39-40-27)10-5-14-33-15-7-16-34-24-8-3-2-4-9-24/h20-21,24-26,28,33-34H,2-19,22,32H2,1H3,(H,42,43)(H2,35,36,37,38)/t26?,28-/m0/s1. The van der Waals surface area contributed by atoms with Gasteiger partial charge in [-0.05, 0) is 97.0 Å². The Labute approximate surface area is 257 Å². The molecule has 0 bridgehead atoms. The third-order valence-electron chi connectivity index (χ3n) is 8.67. The molecule has 1 aliphatic carbocycles. The number of anilines is 2. The molecule has 0 radical (unpaired) electrons. The molecule has 12 nitrogen and oxygen atoms in total. The van der Waals surface area contributed by atoms with Gasteiger partial charge < -0.3 is 37.0 Å². The SMILES string of the molecule is Cc1cc(NC2CCN(CCC[C@H](N)C(=O)O)CC2)nc(NCC2=CC(CCCNCCCNC3CCCCC3)N=N2)n1. The highest BCUT2D eigenvalue weighted by molar-refractivity contribution is 5.72. The van der Waals surface area contributed by atoms with Crippen LogP contribution in [0.1, 0.15) is 82.7 Å². The smallest absolute Gasteiger partial charge is 0.320 e. The number of carboxylic acids is 1. The normalized spacial score (nSPS) is 20.7. The fourth-order valence-electron chi connectivity index (χ4n) is 6.12. The van der Waals surface area contributed by atoms with Crippen LogP contribution in [-0.4, -0.2) is 95.9 Å². The molecule has 1 unspecified atom stereocenters. The Balaban J connectivity index is 1.07. The van der Waals surface area contributed by atoms with E-state index in [1.54, 1.807) is 0 Å². The quantitative estimate of drug-likeness (QED) is 0.129. The molecule has 1 aromatic heterocycles. The number of carboxylic acid groups (broad SMARTS) is 1. The van der Waals surface area contributed by atoms with Gasteiger partial charge in [-0.25, -0.2) is 4.98 Å². The maximum absolute atomic E-state index is 10.9. The first-order chi connectivity index (χ1) is 20.9. The Morgan fingerprint density at radius 2 is 1.84 bits per heavy atom. The number of nitrogens with zero attached hydrogens (tertiary/aromatic N) is 5. The predicted molar refractivity (Wildman–Crippen MR) is 172 cm³/mol. The summed E-state index contributed by atoms with van der Waals surface area (Å²) in [5.74, 6) is 0.502. The molecule has 43 heavy (non-hydrogen) atoms. The molecular formula is C31H54N10O2. The number of piperidine rings is 1. The van der Waals surface area contributed by atoms with E-state index in [-0.39, 0.29) is 6.04 Å². The fraction of sp³-hybridized carbons (Fsp3) is 0.774. The van der Waals surface area contributed by atoms with Gasteiger partial charge in [0.15, 0.2) is 0 Å². The van der Waals surface area contributed by atoms with E-state index in [2.05, 4.69) is 47.5 Å². The van der Waals surface area contributed by atoms with Crippen LogP contribution in [0.4, 0.5) is 11.8 Å². The summed E-state index contributed by atoms with van der Waals surface area (Å²) in [5.41, 5.74) is 7.46. The van der Waals surface area contributed by atoms with Gasteiger partial charge in [0.05, 0.1) is 18.3 Å². The lowest BCUT2D eigenvalue weighted by Gasteiger charge is -2.32. The van der Waals surface area contributed by atoms with Crippen LogP contribution in [0.5, 0.6) is 0 Å². The first kappa shape index (κ1) is 33.2. The summed E-state index contributed by atoms with van der Waals surface area (Å²) in [7, 11) is 0. The van der Waals surface area contributed by atoms with E-state index >= 15 is 0 Å². The lowest BCUT2D eigenvalue weighted by molar-refractivity contribution is -0.138. The van der Waals surface area contributed by atoms with E-state index in [0.29, 0.717) is 25.0 Å². The number of aromatic nitrogens is 2. The number of nitrogens with two attached hydrogens (primary N) is 1. The fourth-order valence-corrected chi connectivity index (χ4v) is 6.12. The van der Waals surface area contributed by atoms with Gasteiger partial charge in [-0.1, -0.05) is 19.3 Å². The number of rotatable bonds is 19. The van der Waals surface area contributed by atoms with Crippen LogP contribution in [0.15, 0.2) is 28.1 Å². The zero-order valence-corrected chi connectivity index (χ0v) is 26.1. The summed E-state index contributed by atoms with van der Waals surface area (Å²) in [4.78, 5) is 22.5. The maximum atomic E-state index is 10.9. The minimum absolute atomic E-state index is 0.155. The molecule has 3 aliphatic rings. The number of carbonyl (C=O) groups is 1. The van der Waals surface area contributed by atoms with Crippen molar-refractivity contribution in [1.82, 2.24) is 25.5 Å². The van der Waals surface area contributed by atoms with Crippen LogP contribution in [0.3, 0.4) is 0 Å². The van der Waals surface area contributed by atoms with Crippen LogP contribution in [0.25, 0.3) is 0 Å². The molecule has 0 amide bonds. The van der Waals surface area contributed by atoms with Gasteiger partial charge in [0, 0.05) is 36.9 Å². The van der Waals surface area contributed by atoms with Crippen molar-refractivity contribution in [3.63, 3.8) is 0 Å². The van der Waals surface area contributed by atoms with Crippen molar-refractivity contribution < 1.29 is 9.90 Å². The Kier molecular flexibility index (Phi) is 14.1. The van der Waals surface area contributed by atoms with E-state index in [9.17, 15) is 4.79 Å². The van der Waals surface area contributed by atoms with Crippen molar-refractivity contribution in [2.75, 3.05) is 56.4 Å². The second-order valence-electron chi connectivity index (χ2n) is 12.4. The van der Waals surface area contributed by atoms with Crippen molar-refractivity contribution in [2.45, 2.75) is 108 Å². The lowest BCUT2D eigenvalue weighted by Crippen LogP contribution is -2.40. The second kappa shape index (κ2) is 18.2. The molecule has 4 rings (SSSR count). The van der Waals surface area contributed by atoms with Gasteiger partial charge in [-0.2, -0.15) is 15.2 Å². The molecule has 2 fully saturated rings. The van der Waals surface area contributed by atoms with Crippen LogP contribution >= 0.6 is 0 Å². The zero-order chi connectivity index (χ0) is 30.3. The van der Waals surface area contributed by atoms with E-state index in [1.807, 2.05) is 13.0 Å². The molecule has 2 aliphatic heterocycles. The third kappa shape index (κ3) is 12.5. The third-order valence-corrected chi connectivity index (χ3v) is 8.67. The number of azo groups is 1. The topological polar surface area (TPSA) is 165 Å². The van der Waals surface area contributed by atoms with Crippen molar-refractivity contribution in [3.8, 4) is 0 Å². The Hall–Kier alpha value is -2.67. The monoisotopic (exact) mass is 598 g/mol. The molecule has 1 aromatic rings. The van der Waals surface area contributed by atoms with Crippen LogP contribution in [0.2, 0.25) is 0 Å². The van der Waals surface area contributed by atoms with Crippen molar-refractivity contribution >= 4 is 17.7 Å². The molecule has 7 N–H and O–H groups in total. The molecule has 240 valence electrons. The summed E-state index contributed by atoms with van der Waals surface area (Å²) >= 11 is 0. The number of aliphatic carboxylic acids is 1. The number of likely N-dealkylation sites (tertiary alicyclic amines) is 1. The summed E-state index contributed by atoms with van der Waals surface area (Å²) in [6.07, 6.45) is 15.7. The summed E-state index contributed by atoms with van der Waals surface area (Å²) < 4.78 is 0. The summed E-state index contributed by atoms with van der Waals surface area (Å²) in [6.45, 7) is 8.57. The Morgan fingerprint density at radius 1 is 1.05 bits per heavy atom. The lowest BCUT2D eigenvalue weighted by atomic mass is 9.95. The van der Waals surface area contributed by atoms with Crippen LogP contribution in [-0.2, 0) is 4.79 Å². The molecular weight excluding hydrogens is 544 g/mol. The van der Waals surface area contributed by atoms with E-state index < -0.39 is 12.0 Å². The average molecular weight is 599 g/mol. The molecule has 3 heterocycles. The zero-order valence-electron chi connectivity index (χ0n) is 26.1. The maximum Gasteiger partial charge on any atom is 0.320 e. The van der Waals surface area contributed by atoms with Gasteiger partial charge in [0.2, 0.25) is 5.95 Å². The summed E-state index contributed by atoms with van der Waals surface area (Å²) in [5, 5.41) is 32.0. The van der Waals surface area contributed by atoms with Gasteiger partial charge in [0.25, 0.3) is 0 Å². The molecule has 0 spiro atoms. The average Bonchev–Trinajstić information content (AvgIpc) is 3.46. The van der Waals surface area contributed by atoms with E-state index in [1.165, 1.54) is 38.5 Å². The second-order valence-corrected chi connectivity index (χ2v) is 12.4. The van der Waals surface area contributed by atoms with Gasteiger partial charge in [-0.3, -0.25) is 4.79 Å². The number of hydrogen-bond donors (Lipinski definition) is 6. The highest BCUT2D eigenvalue weighted by Crippen LogP contribution is 2.20. The minimum Gasteiger partial charge on any atom is -0.480 e. The first-order valence-corrected chi connectivity index (χ1v) is 16.6. The molecule has 1 saturated heterocycles. The molecule has 1 saturated carbocycles. The molecule has 12 heteroatoms. The van der Waals surface area contributed by atoms with Crippen LogP contribution < -0.4 is 27.0 Å². The highest BCUT2D eigenvalue weighted by atomic mass is 16.4. The first-order valence-electron chi connectivity index (χ1n) is 16.6. The van der Waals surface area contributed by atoms with Crippen LogP contribution in [0, 0.1) is 6.92 Å². The number of nitrogens with one attached hydrogen (secondary N) is 4. The van der Waals surface area contributed by atoms with E-state index in [0.717, 1.165) is 94.6 Å². The van der Waals surface area contributed by atoms with Crippen molar-refractivity contribution in [2.24, 2.45) is 16.0 Å². The number of aryl methyl sites for hydroxylation is 1. The number of hydrogen-bond acceptors (Lipinski definition) is 11. The highest BCUT2D eigenvalue weighted by Gasteiger charge is 2.21. The molecule has 0 aromatic carbocycles. The van der Waals surface area contributed by atoms with Gasteiger partial charge in [0.1, 0.15) is 11.9 Å². The summed E-state index contributed by atoms with van der Waals surface area (Å²) in [6, 6.07) is 2.47. The van der Waals surface area contributed by atoms with E-state index in [4.69, 9.17) is 15.8 Å². The predicted octanol–water partition coefficient (Wildman–Crippen LogP) is 3.67. The van der Waals surface area contributed by atoms with Gasteiger partial charge >= 0.3 is 5.97 Å². The largest absolute Gasteiger partial charge is 0.480 e. The van der Waals surface area contributed by atoms with Gasteiger partial charge in [-0.15, -0.1) is 0 Å². The van der Waals surface area contributed by atoms with Crippen molar-refractivity contribution in [1.29, 1.82) is 0 Å². The Morgan fingerprint density at radius 3 is 2.63 bits per heavy atom. The van der Waals surface area contributed by atoms with Crippen molar-refractivity contribution in [3.05, 3.63) is 23.5 Å². The minimum atomic E-state index is -0.924. The molecule has 2 atom stereocenters. The Bertz CT molecular complexity index is 1040.